The number of nitrogens with zero attached hydrogens (tertiary/aromatic N) is 1. The molecule has 2 rings (SSSR count). The van der Waals surface area contributed by atoms with Gasteiger partial charge in [-0.25, -0.2) is 0 Å². The summed E-state index contributed by atoms with van der Waals surface area (Å²) in [6, 6.07) is 8.28. The van der Waals surface area contributed by atoms with E-state index in [4.69, 9.17) is 4.84 Å². The summed E-state index contributed by atoms with van der Waals surface area (Å²) in [4.78, 5) is 5.42. The molecule has 0 fully saturated rings. The summed E-state index contributed by atoms with van der Waals surface area (Å²) in [6.45, 7) is 2.15. The van der Waals surface area contributed by atoms with Crippen molar-refractivity contribution in [2.24, 2.45) is 5.16 Å². The van der Waals surface area contributed by atoms with Crippen molar-refractivity contribution in [3.8, 4) is 0 Å². The molecule has 1 aliphatic carbocycles. The first-order valence-corrected chi connectivity index (χ1v) is 6.37. The van der Waals surface area contributed by atoms with Gasteiger partial charge in [-0.15, -0.1) is 0 Å². The molecule has 0 unspecified atom stereocenters. The molecule has 90 valence electrons. The topological polar surface area (TPSA) is 21.6 Å². The maximum Gasteiger partial charge on any atom is 0.131 e. The third-order valence-electron chi connectivity index (χ3n) is 3.05. The average Bonchev–Trinajstić information content (AvgIpc) is 2.40. The fourth-order valence-corrected chi connectivity index (χ4v) is 2.02. The van der Waals surface area contributed by atoms with Crippen LogP contribution in [-0.2, 0) is 11.3 Å². The number of hydrogen-bond donors (Lipinski definition) is 0. The van der Waals surface area contributed by atoms with Crippen molar-refractivity contribution in [2.45, 2.75) is 39.0 Å². The lowest BCUT2D eigenvalue weighted by atomic mass is 10.1. The van der Waals surface area contributed by atoms with Crippen LogP contribution in [0, 0.1) is 0 Å². The van der Waals surface area contributed by atoms with Crippen molar-refractivity contribution >= 4 is 6.21 Å². The van der Waals surface area contributed by atoms with Gasteiger partial charge in [0.15, 0.2) is 0 Å². The fraction of sp³-hybridized carbons (Fsp3) is 0.400. The Morgan fingerprint density at radius 2 is 2.18 bits per heavy atom. The number of aryl methyl sites for hydroxylation is 1. The van der Waals surface area contributed by atoms with E-state index in [1.165, 1.54) is 18.4 Å². The largest absolute Gasteiger partial charge is 0.362 e. The highest BCUT2D eigenvalue weighted by Crippen LogP contribution is 2.18. The van der Waals surface area contributed by atoms with Crippen LogP contribution < -0.4 is 0 Å². The van der Waals surface area contributed by atoms with Crippen molar-refractivity contribution in [3.63, 3.8) is 0 Å². The summed E-state index contributed by atoms with van der Waals surface area (Å²) in [5.41, 5.74) is 2.45. The van der Waals surface area contributed by atoms with Crippen LogP contribution in [0.15, 0.2) is 41.3 Å². The minimum absolute atomic E-state index is 1.02. The Labute approximate surface area is 103 Å². The Bertz CT molecular complexity index is 421. The lowest BCUT2D eigenvalue weighted by Gasteiger charge is -2.09. The van der Waals surface area contributed by atoms with Crippen LogP contribution in [0.1, 0.15) is 43.7 Å². The van der Waals surface area contributed by atoms with E-state index in [2.05, 4.69) is 36.4 Å². The average molecular weight is 229 g/mol. The van der Waals surface area contributed by atoms with E-state index in [0.29, 0.717) is 0 Å². The molecule has 0 amide bonds. The number of rotatable bonds is 4. The Balaban J connectivity index is 1.97. The van der Waals surface area contributed by atoms with Gasteiger partial charge in [0.05, 0.1) is 6.21 Å². The molecule has 1 aromatic rings. The van der Waals surface area contributed by atoms with E-state index in [9.17, 15) is 0 Å². The van der Waals surface area contributed by atoms with Gasteiger partial charge in [-0.2, -0.15) is 0 Å². The number of allylic oxidation sites excluding steroid dienone is 2. The molecule has 0 heterocycles. The predicted molar refractivity (Wildman–Crippen MR) is 71.1 cm³/mol. The van der Waals surface area contributed by atoms with Crippen LogP contribution in [-0.4, -0.2) is 6.21 Å². The molecule has 0 saturated heterocycles. The van der Waals surface area contributed by atoms with E-state index >= 15 is 0 Å². The Hall–Kier alpha value is -1.57. The van der Waals surface area contributed by atoms with Crippen LogP contribution in [0.25, 0.3) is 0 Å². The molecule has 0 N–H and O–H groups in total. The second-order valence-corrected chi connectivity index (χ2v) is 4.29. The Kier molecular flexibility index (Phi) is 4.37. The van der Waals surface area contributed by atoms with Crippen LogP contribution in [0.2, 0.25) is 0 Å². The molecule has 0 spiro atoms. The molecule has 0 aliphatic heterocycles. The smallest absolute Gasteiger partial charge is 0.131 e. The lowest BCUT2D eigenvalue weighted by molar-refractivity contribution is 0.210. The van der Waals surface area contributed by atoms with Gasteiger partial charge in [0, 0.05) is 6.42 Å². The number of oxime groups is 1. The van der Waals surface area contributed by atoms with Crippen molar-refractivity contribution in [1.29, 1.82) is 0 Å². The summed E-state index contributed by atoms with van der Waals surface area (Å²) < 4.78 is 0. The van der Waals surface area contributed by atoms with Gasteiger partial charge in [-0.05, 0) is 42.9 Å². The maximum atomic E-state index is 5.42. The standard InChI is InChI=1S/C15H19NO/c1-2-13-8-6-7-9-14(13)12-16-17-15-10-4-3-5-11-15/h6-10,12H,2-5,11H2,1H3. The van der Waals surface area contributed by atoms with Gasteiger partial charge in [0.2, 0.25) is 0 Å². The summed E-state index contributed by atoms with van der Waals surface area (Å²) >= 11 is 0. The molecule has 2 heteroatoms. The molecule has 1 aliphatic rings. The van der Waals surface area contributed by atoms with Crippen molar-refractivity contribution in [2.75, 3.05) is 0 Å². The quantitative estimate of drug-likeness (QED) is 0.563. The van der Waals surface area contributed by atoms with Crippen molar-refractivity contribution in [3.05, 3.63) is 47.2 Å². The first kappa shape index (κ1) is 11.9. The van der Waals surface area contributed by atoms with Crippen molar-refractivity contribution in [1.82, 2.24) is 0 Å². The highest BCUT2D eigenvalue weighted by molar-refractivity contribution is 5.81. The predicted octanol–water partition coefficient (Wildman–Crippen LogP) is 4.06. The first-order chi connectivity index (χ1) is 8.40. The zero-order valence-electron chi connectivity index (χ0n) is 10.4. The van der Waals surface area contributed by atoms with E-state index < -0.39 is 0 Å². The summed E-state index contributed by atoms with van der Waals surface area (Å²) in [7, 11) is 0. The minimum atomic E-state index is 1.02. The van der Waals surface area contributed by atoms with E-state index in [-0.39, 0.29) is 0 Å². The Morgan fingerprint density at radius 1 is 1.29 bits per heavy atom. The molecule has 1 aromatic carbocycles. The minimum Gasteiger partial charge on any atom is -0.362 e. The number of hydrogen-bond acceptors (Lipinski definition) is 2. The monoisotopic (exact) mass is 229 g/mol. The van der Waals surface area contributed by atoms with Crippen LogP contribution >= 0.6 is 0 Å². The van der Waals surface area contributed by atoms with E-state index in [1.807, 2.05) is 12.3 Å². The van der Waals surface area contributed by atoms with Gasteiger partial charge in [-0.3, -0.25) is 0 Å². The molecular formula is C15H19NO. The van der Waals surface area contributed by atoms with Crippen LogP contribution in [0.4, 0.5) is 0 Å². The molecule has 0 bridgehead atoms. The molecule has 0 aromatic heterocycles. The summed E-state index contributed by atoms with van der Waals surface area (Å²) in [5.74, 6) is 1.02. The molecule has 2 nitrogen and oxygen atoms in total. The summed E-state index contributed by atoms with van der Waals surface area (Å²) in [5, 5.41) is 4.08. The second-order valence-electron chi connectivity index (χ2n) is 4.29. The van der Waals surface area contributed by atoms with Crippen LogP contribution in [0.3, 0.4) is 0 Å². The fourth-order valence-electron chi connectivity index (χ4n) is 2.02. The van der Waals surface area contributed by atoms with Gasteiger partial charge in [0.1, 0.15) is 5.76 Å². The van der Waals surface area contributed by atoms with E-state index in [1.54, 1.807) is 0 Å². The zero-order chi connectivity index (χ0) is 11.9. The highest BCUT2D eigenvalue weighted by Gasteiger charge is 2.03. The highest BCUT2D eigenvalue weighted by atomic mass is 16.6. The third kappa shape index (κ3) is 3.45. The molecule has 0 atom stereocenters. The first-order valence-electron chi connectivity index (χ1n) is 6.37. The molecule has 0 saturated carbocycles. The van der Waals surface area contributed by atoms with E-state index in [0.717, 1.165) is 30.6 Å². The maximum absolute atomic E-state index is 5.42. The van der Waals surface area contributed by atoms with Crippen LogP contribution in [0.5, 0.6) is 0 Å². The number of benzene rings is 1. The molecule has 17 heavy (non-hydrogen) atoms. The van der Waals surface area contributed by atoms with Gasteiger partial charge in [-0.1, -0.05) is 36.3 Å². The van der Waals surface area contributed by atoms with Gasteiger partial charge < -0.3 is 4.84 Å². The molecule has 0 radical (unpaired) electrons. The van der Waals surface area contributed by atoms with Gasteiger partial charge >= 0.3 is 0 Å². The third-order valence-corrected chi connectivity index (χ3v) is 3.05. The van der Waals surface area contributed by atoms with Gasteiger partial charge in [0.25, 0.3) is 0 Å². The Morgan fingerprint density at radius 3 is 2.94 bits per heavy atom. The second kappa shape index (κ2) is 6.24. The zero-order valence-corrected chi connectivity index (χ0v) is 10.4. The SMILES string of the molecule is CCc1ccccc1C=NOC1=CCCCC1. The van der Waals surface area contributed by atoms with Crippen molar-refractivity contribution < 1.29 is 4.84 Å². The summed E-state index contributed by atoms with van der Waals surface area (Å²) in [6.07, 6.45) is 9.61. The lowest BCUT2D eigenvalue weighted by Crippen LogP contribution is -1.95. The molecular weight excluding hydrogens is 210 g/mol. The normalized spacial score (nSPS) is 15.9.